The molecule has 1 atom stereocenters. The number of nitrogens with zero attached hydrogens (tertiary/aromatic N) is 6. The summed E-state index contributed by atoms with van der Waals surface area (Å²) in [7, 11) is 0. The van der Waals surface area contributed by atoms with Crippen molar-refractivity contribution in [3.63, 3.8) is 0 Å². The zero-order valence-corrected chi connectivity index (χ0v) is 19.3. The summed E-state index contributed by atoms with van der Waals surface area (Å²) >= 11 is 0. The molecule has 3 fully saturated rings. The predicted molar refractivity (Wildman–Crippen MR) is 126 cm³/mol. The Morgan fingerprint density at radius 2 is 2.03 bits per heavy atom. The van der Waals surface area contributed by atoms with Crippen molar-refractivity contribution in [3.05, 3.63) is 36.8 Å². The van der Waals surface area contributed by atoms with Gasteiger partial charge in [0.15, 0.2) is 5.65 Å². The van der Waals surface area contributed by atoms with Crippen LogP contribution in [0.4, 0.5) is 10.6 Å². The maximum Gasteiger partial charge on any atom is 0.410 e. The third-order valence-electron chi connectivity index (χ3n) is 6.74. The number of hydrogen-bond acceptors (Lipinski definition) is 8. The first-order valence-electron chi connectivity index (χ1n) is 12.0. The first-order chi connectivity index (χ1) is 16.6. The molecule has 178 valence electrons. The molecular weight excluding hydrogens is 434 g/mol. The standard InChI is InChI=1S/C24H29N7O3/c1-24(7-9-25-16-24)34-23(32)30-13-11-29(12-14-30)20-6-10-31-21(28-20)19(15-27-31)18-3-2-8-26-22(18)33-17-4-5-17/h2-3,6,8,10,15,17,25H,4-5,7,9,11-14,16H2,1H3/t24-/m1/s1. The van der Waals surface area contributed by atoms with Crippen molar-refractivity contribution in [3.8, 4) is 17.0 Å². The highest BCUT2D eigenvalue weighted by Crippen LogP contribution is 2.35. The van der Waals surface area contributed by atoms with Crippen LogP contribution in [-0.2, 0) is 4.74 Å². The van der Waals surface area contributed by atoms with Crippen LogP contribution in [0, 0.1) is 0 Å². The fourth-order valence-corrected chi connectivity index (χ4v) is 4.53. The van der Waals surface area contributed by atoms with Gasteiger partial charge in [-0.3, -0.25) is 0 Å². The molecule has 0 bridgehead atoms. The van der Waals surface area contributed by atoms with Gasteiger partial charge in [0, 0.05) is 57.1 Å². The Balaban J connectivity index is 1.18. The van der Waals surface area contributed by atoms with Gasteiger partial charge >= 0.3 is 6.09 Å². The molecule has 3 aliphatic rings. The van der Waals surface area contributed by atoms with Crippen molar-refractivity contribution in [1.29, 1.82) is 0 Å². The lowest BCUT2D eigenvalue weighted by Gasteiger charge is -2.36. The van der Waals surface area contributed by atoms with E-state index in [0.29, 0.717) is 38.6 Å². The van der Waals surface area contributed by atoms with E-state index in [1.165, 1.54) is 0 Å². The van der Waals surface area contributed by atoms with Crippen molar-refractivity contribution in [1.82, 2.24) is 29.8 Å². The molecule has 34 heavy (non-hydrogen) atoms. The highest BCUT2D eigenvalue weighted by atomic mass is 16.6. The number of piperazine rings is 1. The average Bonchev–Trinajstić information content (AvgIpc) is 3.41. The summed E-state index contributed by atoms with van der Waals surface area (Å²) in [5, 5.41) is 7.75. The van der Waals surface area contributed by atoms with Gasteiger partial charge in [-0.05, 0) is 44.5 Å². The molecule has 0 unspecified atom stereocenters. The number of amides is 1. The maximum atomic E-state index is 12.7. The van der Waals surface area contributed by atoms with Crippen LogP contribution in [0.1, 0.15) is 26.2 Å². The molecule has 1 aliphatic carbocycles. The molecule has 3 aromatic rings. The monoisotopic (exact) mass is 463 g/mol. The van der Waals surface area contributed by atoms with Crippen LogP contribution < -0.4 is 15.0 Å². The van der Waals surface area contributed by atoms with Crippen LogP contribution in [-0.4, -0.2) is 81.5 Å². The first-order valence-corrected chi connectivity index (χ1v) is 12.0. The Labute approximate surface area is 197 Å². The van der Waals surface area contributed by atoms with E-state index in [2.05, 4.69) is 20.3 Å². The summed E-state index contributed by atoms with van der Waals surface area (Å²) in [5.74, 6) is 1.49. The van der Waals surface area contributed by atoms with Crippen LogP contribution in [0.2, 0.25) is 0 Å². The predicted octanol–water partition coefficient (Wildman–Crippen LogP) is 2.34. The van der Waals surface area contributed by atoms with Crippen LogP contribution >= 0.6 is 0 Å². The van der Waals surface area contributed by atoms with Crippen molar-refractivity contribution < 1.29 is 14.3 Å². The number of ether oxygens (including phenoxy) is 2. The van der Waals surface area contributed by atoms with Crippen LogP contribution in [0.15, 0.2) is 36.8 Å². The third-order valence-corrected chi connectivity index (χ3v) is 6.74. The van der Waals surface area contributed by atoms with Crippen LogP contribution in [0.25, 0.3) is 16.8 Å². The molecule has 6 rings (SSSR count). The molecule has 2 aliphatic heterocycles. The van der Waals surface area contributed by atoms with Gasteiger partial charge in [-0.2, -0.15) is 5.10 Å². The van der Waals surface area contributed by atoms with Crippen LogP contribution in [0.3, 0.4) is 0 Å². The van der Waals surface area contributed by atoms with Gasteiger partial charge in [0.2, 0.25) is 5.88 Å². The van der Waals surface area contributed by atoms with E-state index >= 15 is 0 Å². The number of carbonyl (C=O) groups excluding carboxylic acids is 1. The quantitative estimate of drug-likeness (QED) is 0.616. The van der Waals surface area contributed by atoms with Crippen molar-refractivity contribution in [2.45, 2.75) is 37.9 Å². The number of rotatable bonds is 5. The molecule has 2 saturated heterocycles. The van der Waals surface area contributed by atoms with E-state index < -0.39 is 5.60 Å². The van der Waals surface area contributed by atoms with Crippen molar-refractivity contribution in [2.24, 2.45) is 0 Å². The lowest BCUT2D eigenvalue weighted by atomic mass is 10.1. The highest BCUT2D eigenvalue weighted by molar-refractivity contribution is 5.80. The normalized spacial score (nSPS) is 22.9. The molecule has 1 N–H and O–H groups in total. The summed E-state index contributed by atoms with van der Waals surface area (Å²) in [6.07, 6.45) is 8.51. The number of carbonyl (C=O) groups is 1. The van der Waals surface area contributed by atoms with E-state index in [1.54, 1.807) is 15.6 Å². The largest absolute Gasteiger partial charge is 0.474 e. The number of anilines is 1. The van der Waals surface area contributed by atoms with Gasteiger partial charge < -0.3 is 24.6 Å². The fourth-order valence-electron chi connectivity index (χ4n) is 4.53. The van der Waals surface area contributed by atoms with Crippen molar-refractivity contribution >= 4 is 17.6 Å². The Hall–Kier alpha value is -3.40. The second-order valence-corrected chi connectivity index (χ2v) is 9.50. The van der Waals surface area contributed by atoms with E-state index in [9.17, 15) is 4.79 Å². The molecule has 0 spiro atoms. The second-order valence-electron chi connectivity index (χ2n) is 9.50. The van der Waals surface area contributed by atoms with Crippen molar-refractivity contribution in [2.75, 3.05) is 44.2 Å². The third kappa shape index (κ3) is 4.13. The lowest BCUT2D eigenvalue weighted by molar-refractivity contribution is 0.0136. The van der Waals surface area contributed by atoms with Gasteiger partial charge in [0.1, 0.15) is 17.5 Å². The molecule has 1 saturated carbocycles. The molecule has 0 aromatic carbocycles. The van der Waals surface area contributed by atoms with Gasteiger partial charge in [0.05, 0.1) is 11.8 Å². The summed E-state index contributed by atoms with van der Waals surface area (Å²) in [4.78, 5) is 26.0. The number of fused-ring (bicyclic) bond motifs is 1. The fraction of sp³-hybridized carbons (Fsp3) is 0.500. The SMILES string of the molecule is C[C@@]1(OC(=O)N2CCN(c3ccn4ncc(-c5cccnc5OC5CC5)c4n3)CC2)CCNC1. The number of hydrogen-bond donors (Lipinski definition) is 1. The molecule has 3 aromatic heterocycles. The molecule has 1 amide bonds. The Kier molecular flexibility index (Phi) is 5.24. The summed E-state index contributed by atoms with van der Waals surface area (Å²) < 4.78 is 13.6. The second kappa shape index (κ2) is 8.43. The van der Waals surface area contributed by atoms with E-state index in [4.69, 9.17) is 14.5 Å². The van der Waals surface area contributed by atoms with E-state index in [-0.39, 0.29) is 12.2 Å². The number of aromatic nitrogens is 4. The topological polar surface area (TPSA) is 97.1 Å². The minimum Gasteiger partial charge on any atom is -0.474 e. The van der Waals surface area contributed by atoms with Crippen LogP contribution in [0.5, 0.6) is 5.88 Å². The van der Waals surface area contributed by atoms with Gasteiger partial charge in [-0.15, -0.1) is 0 Å². The number of pyridine rings is 1. The number of nitrogens with one attached hydrogen (secondary N) is 1. The molecule has 10 heteroatoms. The van der Waals surface area contributed by atoms with Gasteiger partial charge in [-0.1, -0.05) is 0 Å². The first kappa shape index (κ1) is 21.2. The molecule has 0 radical (unpaired) electrons. The Bertz CT molecular complexity index is 1190. The zero-order chi connectivity index (χ0) is 23.1. The zero-order valence-electron chi connectivity index (χ0n) is 19.3. The van der Waals surface area contributed by atoms with Gasteiger partial charge in [-0.25, -0.2) is 19.3 Å². The molecular formula is C24H29N7O3. The highest BCUT2D eigenvalue weighted by Gasteiger charge is 2.35. The Morgan fingerprint density at radius 3 is 2.79 bits per heavy atom. The lowest BCUT2D eigenvalue weighted by Crippen LogP contribution is -2.51. The summed E-state index contributed by atoms with van der Waals surface area (Å²) in [6.45, 7) is 6.18. The average molecular weight is 464 g/mol. The summed E-state index contributed by atoms with van der Waals surface area (Å²) in [5.41, 5.74) is 2.14. The minimum absolute atomic E-state index is 0.230. The Morgan fingerprint density at radius 1 is 1.18 bits per heavy atom. The smallest absolute Gasteiger partial charge is 0.410 e. The maximum absolute atomic E-state index is 12.7. The van der Waals surface area contributed by atoms with E-state index in [1.807, 2.05) is 37.5 Å². The molecule has 5 heterocycles. The van der Waals surface area contributed by atoms with Gasteiger partial charge in [0.25, 0.3) is 0 Å². The summed E-state index contributed by atoms with van der Waals surface area (Å²) in [6, 6.07) is 5.87. The molecule has 10 nitrogen and oxygen atoms in total. The minimum atomic E-state index is -0.409. The van der Waals surface area contributed by atoms with E-state index in [0.717, 1.165) is 48.4 Å².